The van der Waals surface area contributed by atoms with Crippen molar-refractivity contribution < 1.29 is 19.4 Å². The Morgan fingerprint density at radius 2 is 2.04 bits per heavy atom. The summed E-state index contributed by atoms with van der Waals surface area (Å²) in [4.78, 5) is 15.0. The zero-order valence-electron chi connectivity index (χ0n) is 11.9. The summed E-state index contributed by atoms with van der Waals surface area (Å²) in [5.41, 5.74) is -0.936. The Morgan fingerprint density at radius 1 is 1.35 bits per heavy atom. The third-order valence-corrected chi connectivity index (χ3v) is 4.03. The molecular formula is C15H13Cl2FN2O3. The van der Waals surface area contributed by atoms with Gasteiger partial charge in [0, 0.05) is 6.20 Å². The quantitative estimate of drug-likeness (QED) is 0.727. The van der Waals surface area contributed by atoms with E-state index in [0.717, 1.165) is 6.07 Å². The summed E-state index contributed by atoms with van der Waals surface area (Å²) in [7, 11) is 0. The maximum absolute atomic E-state index is 13.6. The average Bonchev–Trinajstić information content (AvgIpc) is 2.49. The number of halogens is 3. The largest absolute Gasteiger partial charge is 0.465 e. The molecule has 2 atom stereocenters. The SMILES string of the molecule is CC(NC(=O)O)(c1ccc(Cl)nc1)C(O)c1ccc(Cl)c(F)c1. The van der Waals surface area contributed by atoms with Crippen molar-refractivity contribution in [1.82, 2.24) is 10.3 Å². The van der Waals surface area contributed by atoms with Gasteiger partial charge in [0.15, 0.2) is 0 Å². The van der Waals surface area contributed by atoms with Crippen molar-refractivity contribution in [2.24, 2.45) is 0 Å². The Labute approximate surface area is 141 Å². The molecular weight excluding hydrogens is 346 g/mol. The Bertz CT molecular complexity index is 727. The molecule has 0 spiro atoms. The number of nitrogens with zero attached hydrogens (tertiary/aromatic N) is 1. The van der Waals surface area contributed by atoms with Gasteiger partial charge in [-0.1, -0.05) is 35.3 Å². The number of carboxylic acid groups (broad SMARTS) is 1. The van der Waals surface area contributed by atoms with Crippen LogP contribution in [0.25, 0.3) is 0 Å². The van der Waals surface area contributed by atoms with E-state index >= 15 is 0 Å². The molecule has 2 rings (SSSR count). The van der Waals surface area contributed by atoms with E-state index in [0.29, 0.717) is 5.56 Å². The van der Waals surface area contributed by atoms with Crippen LogP contribution in [0.5, 0.6) is 0 Å². The highest BCUT2D eigenvalue weighted by Crippen LogP contribution is 2.36. The summed E-state index contributed by atoms with van der Waals surface area (Å²) in [6.45, 7) is 1.46. The topological polar surface area (TPSA) is 82.5 Å². The number of pyridine rings is 1. The Hall–Kier alpha value is -1.89. The van der Waals surface area contributed by atoms with Gasteiger partial charge in [-0.2, -0.15) is 0 Å². The molecule has 5 nitrogen and oxygen atoms in total. The summed E-state index contributed by atoms with van der Waals surface area (Å²) in [6.07, 6.45) is -1.39. The van der Waals surface area contributed by atoms with Gasteiger partial charge in [0.25, 0.3) is 0 Å². The van der Waals surface area contributed by atoms with E-state index in [-0.39, 0.29) is 15.7 Å². The van der Waals surface area contributed by atoms with E-state index in [2.05, 4.69) is 10.3 Å². The highest BCUT2D eigenvalue weighted by molar-refractivity contribution is 6.30. The highest BCUT2D eigenvalue weighted by Gasteiger charge is 2.38. The maximum atomic E-state index is 13.6. The van der Waals surface area contributed by atoms with Crippen LogP contribution in [0.1, 0.15) is 24.2 Å². The minimum absolute atomic E-state index is 0.0954. The molecule has 8 heteroatoms. The Kier molecular flexibility index (Phi) is 5.09. The van der Waals surface area contributed by atoms with Gasteiger partial charge in [0.1, 0.15) is 17.1 Å². The van der Waals surface area contributed by atoms with E-state index in [1.165, 1.54) is 37.4 Å². The fourth-order valence-corrected chi connectivity index (χ4v) is 2.45. The minimum Gasteiger partial charge on any atom is -0.465 e. The zero-order chi connectivity index (χ0) is 17.2. The molecule has 0 fully saturated rings. The van der Waals surface area contributed by atoms with Gasteiger partial charge < -0.3 is 15.5 Å². The predicted molar refractivity (Wildman–Crippen MR) is 84.1 cm³/mol. The molecule has 0 saturated heterocycles. The third kappa shape index (κ3) is 3.72. The van der Waals surface area contributed by atoms with E-state index < -0.39 is 23.6 Å². The standard InChI is InChI=1S/C15H13Cl2FN2O3/c1-15(20-14(22)23,9-3-5-12(17)19-7-9)13(21)8-2-4-10(16)11(18)6-8/h2-7,13,20-21H,1H3,(H,22,23). The number of aliphatic hydroxyl groups is 1. The first-order valence-electron chi connectivity index (χ1n) is 6.50. The monoisotopic (exact) mass is 358 g/mol. The van der Waals surface area contributed by atoms with E-state index in [4.69, 9.17) is 28.3 Å². The van der Waals surface area contributed by atoms with Crippen molar-refractivity contribution in [2.75, 3.05) is 0 Å². The molecule has 0 aliphatic carbocycles. The molecule has 1 aromatic carbocycles. The van der Waals surface area contributed by atoms with Crippen LogP contribution in [0.3, 0.4) is 0 Å². The van der Waals surface area contributed by atoms with E-state index in [9.17, 15) is 14.3 Å². The number of nitrogens with one attached hydrogen (secondary N) is 1. The molecule has 0 radical (unpaired) electrons. The van der Waals surface area contributed by atoms with Crippen LogP contribution in [0, 0.1) is 5.82 Å². The van der Waals surface area contributed by atoms with Crippen LogP contribution in [0.15, 0.2) is 36.5 Å². The molecule has 1 aromatic heterocycles. The molecule has 2 unspecified atom stereocenters. The third-order valence-electron chi connectivity index (χ3n) is 3.50. The second-order valence-electron chi connectivity index (χ2n) is 5.08. The fourth-order valence-electron chi connectivity index (χ4n) is 2.22. The lowest BCUT2D eigenvalue weighted by atomic mass is 9.83. The van der Waals surface area contributed by atoms with Gasteiger partial charge in [0.05, 0.1) is 10.6 Å². The highest BCUT2D eigenvalue weighted by atomic mass is 35.5. The van der Waals surface area contributed by atoms with Crippen molar-refractivity contribution in [3.05, 3.63) is 63.6 Å². The summed E-state index contributed by atoms with van der Waals surface area (Å²) in [5.74, 6) is -0.713. The van der Waals surface area contributed by atoms with Gasteiger partial charge in [-0.25, -0.2) is 14.2 Å². The lowest BCUT2D eigenvalue weighted by Crippen LogP contribution is -2.47. The molecule has 3 N–H and O–H groups in total. The molecule has 122 valence electrons. The lowest BCUT2D eigenvalue weighted by Gasteiger charge is -2.35. The molecule has 0 bridgehead atoms. The summed E-state index contributed by atoms with van der Waals surface area (Å²) in [6, 6.07) is 6.75. The lowest BCUT2D eigenvalue weighted by molar-refractivity contribution is 0.0653. The zero-order valence-corrected chi connectivity index (χ0v) is 13.4. The van der Waals surface area contributed by atoms with Crippen LogP contribution in [-0.4, -0.2) is 21.3 Å². The van der Waals surface area contributed by atoms with Gasteiger partial charge in [-0.05, 0) is 36.2 Å². The number of carbonyl (C=O) groups is 1. The first kappa shape index (κ1) is 17.5. The molecule has 1 heterocycles. The number of benzene rings is 1. The van der Waals surface area contributed by atoms with Gasteiger partial charge in [0.2, 0.25) is 0 Å². The van der Waals surface area contributed by atoms with Crippen molar-refractivity contribution >= 4 is 29.3 Å². The number of aliphatic hydroxyl groups excluding tert-OH is 1. The van der Waals surface area contributed by atoms with Crippen LogP contribution in [-0.2, 0) is 5.54 Å². The Balaban J connectivity index is 2.50. The molecule has 2 aromatic rings. The normalized spacial score (nSPS) is 14.8. The predicted octanol–water partition coefficient (Wildman–Crippen LogP) is 3.74. The van der Waals surface area contributed by atoms with Crippen molar-refractivity contribution in [1.29, 1.82) is 0 Å². The molecule has 23 heavy (non-hydrogen) atoms. The van der Waals surface area contributed by atoms with E-state index in [1.54, 1.807) is 0 Å². The molecule has 1 amide bonds. The minimum atomic E-state index is -1.47. The Morgan fingerprint density at radius 3 is 2.57 bits per heavy atom. The molecule has 0 aliphatic heterocycles. The first-order chi connectivity index (χ1) is 10.7. The van der Waals surface area contributed by atoms with Crippen molar-refractivity contribution in [2.45, 2.75) is 18.6 Å². The second kappa shape index (κ2) is 6.70. The average molecular weight is 359 g/mol. The van der Waals surface area contributed by atoms with Crippen molar-refractivity contribution in [3.8, 4) is 0 Å². The summed E-state index contributed by atoms with van der Waals surface area (Å²) < 4.78 is 13.6. The second-order valence-corrected chi connectivity index (χ2v) is 5.87. The first-order valence-corrected chi connectivity index (χ1v) is 7.26. The fraction of sp³-hybridized carbons (Fsp3) is 0.200. The summed E-state index contributed by atoms with van der Waals surface area (Å²) >= 11 is 11.4. The van der Waals surface area contributed by atoms with Crippen LogP contribution >= 0.6 is 23.2 Å². The van der Waals surface area contributed by atoms with Crippen LogP contribution < -0.4 is 5.32 Å². The maximum Gasteiger partial charge on any atom is 0.405 e. The molecule has 0 aliphatic rings. The van der Waals surface area contributed by atoms with Crippen LogP contribution in [0.2, 0.25) is 10.2 Å². The van der Waals surface area contributed by atoms with Gasteiger partial charge in [-0.15, -0.1) is 0 Å². The van der Waals surface area contributed by atoms with Gasteiger partial charge in [-0.3, -0.25) is 0 Å². The van der Waals surface area contributed by atoms with Gasteiger partial charge >= 0.3 is 6.09 Å². The summed E-state index contributed by atoms with van der Waals surface area (Å²) in [5, 5.41) is 22.1. The number of amides is 1. The number of rotatable bonds is 4. The number of aromatic nitrogens is 1. The van der Waals surface area contributed by atoms with Crippen molar-refractivity contribution in [3.63, 3.8) is 0 Å². The smallest absolute Gasteiger partial charge is 0.405 e. The van der Waals surface area contributed by atoms with Crippen LogP contribution in [0.4, 0.5) is 9.18 Å². The number of hydrogen-bond acceptors (Lipinski definition) is 3. The molecule has 0 saturated carbocycles. The van der Waals surface area contributed by atoms with E-state index in [1.807, 2.05) is 0 Å². The number of hydrogen-bond donors (Lipinski definition) is 3.